The molecule has 42 heavy (non-hydrogen) atoms. The number of benzene rings is 1. The van der Waals surface area contributed by atoms with Crippen molar-refractivity contribution in [2.45, 2.75) is 162 Å². The SMILES string of the molecule is CCCCCCCC/C=C\CCCCCCCC[N+](CCCC)(CCCC)CCCC.O=S(=O)([O-])Cc1ccccc1. The second kappa shape index (κ2) is 28.6. The van der Waals surface area contributed by atoms with Crippen molar-refractivity contribution in [1.82, 2.24) is 0 Å². The average Bonchev–Trinajstić information content (AvgIpc) is 2.97. The Balaban J connectivity index is 0.00000126. The van der Waals surface area contributed by atoms with Crippen LogP contribution < -0.4 is 0 Å². The number of allylic oxidation sites excluding steroid dienone is 2. The summed E-state index contributed by atoms with van der Waals surface area (Å²) in [6.45, 7) is 15.1. The molecule has 0 saturated heterocycles. The van der Waals surface area contributed by atoms with Gasteiger partial charge in [-0.15, -0.1) is 0 Å². The van der Waals surface area contributed by atoms with Crippen molar-refractivity contribution in [1.29, 1.82) is 0 Å². The minimum atomic E-state index is -4.13. The van der Waals surface area contributed by atoms with Gasteiger partial charge in [-0.1, -0.05) is 141 Å². The van der Waals surface area contributed by atoms with Gasteiger partial charge in [0.25, 0.3) is 0 Å². The molecule has 0 heterocycles. The van der Waals surface area contributed by atoms with Gasteiger partial charge in [-0.3, -0.25) is 0 Å². The molecule has 0 spiro atoms. The Bertz CT molecular complexity index is 801. The van der Waals surface area contributed by atoms with Crippen molar-refractivity contribution in [3.05, 3.63) is 48.0 Å². The molecule has 1 rings (SSSR count). The Morgan fingerprint density at radius 3 is 1.36 bits per heavy atom. The second-order valence-corrected chi connectivity index (χ2v) is 13.8. The monoisotopic (exact) mass is 607 g/mol. The minimum Gasteiger partial charge on any atom is -0.748 e. The highest BCUT2D eigenvalue weighted by atomic mass is 32.2. The molecule has 0 aliphatic heterocycles. The molecule has 0 fully saturated rings. The maximum absolute atomic E-state index is 10.2. The van der Waals surface area contributed by atoms with Crippen LogP contribution in [0.2, 0.25) is 0 Å². The zero-order valence-electron chi connectivity index (χ0n) is 28.3. The largest absolute Gasteiger partial charge is 0.748 e. The maximum atomic E-state index is 10.2. The Morgan fingerprint density at radius 2 is 0.929 bits per heavy atom. The van der Waals surface area contributed by atoms with Crippen LogP contribution in [0.1, 0.15) is 162 Å². The van der Waals surface area contributed by atoms with Crippen LogP contribution in [-0.4, -0.2) is 43.6 Å². The summed E-state index contributed by atoms with van der Waals surface area (Å²) in [6.07, 6.45) is 33.0. The van der Waals surface area contributed by atoms with E-state index in [9.17, 15) is 13.0 Å². The van der Waals surface area contributed by atoms with E-state index in [1.165, 1.54) is 159 Å². The highest BCUT2D eigenvalue weighted by molar-refractivity contribution is 7.84. The van der Waals surface area contributed by atoms with Gasteiger partial charge in [-0.2, -0.15) is 0 Å². The summed E-state index contributed by atoms with van der Waals surface area (Å²) in [6, 6.07) is 8.37. The Kier molecular flexibility index (Phi) is 27.8. The van der Waals surface area contributed by atoms with Crippen molar-refractivity contribution < 1.29 is 17.5 Å². The van der Waals surface area contributed by atoms with Crippen LogP contribution in [0.3, 0.4) is 0 Å². The van der Waals surface area contributed by atoms with Crippen LogP contribution in [-0.2, 0) is 15.9 Å². The molecule has 246 valence electrons. The van der Waals surface area contributed by atoms with Crippen molar-refractivity contribution in [2.75, 3.05) is 26.2 Å². The van der Waals surface area contributed by atoms with Crippen LogP contribution in [0, 0.1) is 0 Å². The number of rotatable bonds is 27. The van der Waals surface area contributed by atoms with Gasteiger partial charge in [0.2, 0.25) is 0 Å². The highest BCUT2D eigenvalue weighted by Crippen LogP contribution is 2.18. The van der Waals surface area contributed by atoms with Gasteiger partial charge in [0.15, 0.2) is 0 Å². The molecule has 0 aliphatic rings. The van der Waals surface area contributed by atoms with E-state index in [0.29, 0.717) is 5.56 Å². The third-order valence-corrected chi connectivity index (χ3v) is 8.98. The second-order valence-electron chi connectivity index (χ2n) is 12.4. The fraction of sp³-hybridized carbons (Fsp3) is 0.784. The fourth-order valence-electron chi connectivity index (χ4n) is 5.62. The first-order chi connectivity index (χ1) is 20.3. The summed E-state index contributed by atoms with van der Waals surface area (Å²) < 4.78 is 32.2. The minimum absolute atomic E-state index is 0.423. The van der Waals surface area contributed by atoms with Crippen LogP contribution in [0.25, 0.3) is 0 Å². The number of quaternary nitrogens is 1. The van der Waals surface area contributed by atoms with E-state index in [-0.39, 0.29) is 0 Å². The van der Waals surface area contributed by atoms with Gasteiger partial charge in [0.05, 0.1) is 42.1 Å². The van der Waals surface area contributed by atoms with Crippen molar-refractivity contribution >= 4 is 10.1 Å². The van der Waals surface area contributed by atoms with Gasteiger partial charge in [-0.25, -0.2) is 8.42 Å². The van der Waals surface area contributed by atoms with Gasteiger partial charge >= 0.3 is 0 Å². The van der Waals surface area contributed by atoms with E-state index in [4.69, 9.17) is 0 Å². The van der Waals surface area contributed by atoms with E-state index in [2.05, 4.69) is 39.8 Å². The summed E-state index contributed by atoms with van der Waals surface area (Å²) >= 11 is 0. The van der Waals surface area contributed by atoms with E-state index in [1.54, 1.807) is 30.3 Å². The Labute approximate surface area is 263 Å². The molecule has 4 nitrogen and oxygen atoms in total. The lowest BCUT2D eigenvalue weighted by atomic mass is 10.1. The molecule has 1 aromatic carbocycles. The lowest BCUT2D eigenvalue weighted by Crippen LogP contribution is -2.50. The smallest absolute Gasteiger partial charge is 0.0988 e. The van der Waals surface area contributed by atoms with E-state index in [0.717, 1.165) is 0 Å². The zero-order valence-corrected chi connectivity index (χ0v) is 29.1. The third kappa shape index (κ3) is 26.5. The summed E-state index contributed by atoms with van der Waals surface area (Å²) in [5.41, 5.74) is 0.530. The first-order valence-corrected chi connectivity index (χ1v) is 19.4. The predicted molar refractivity (Wildman–Crippen MR) is 184 cm³/mol. The summed E-state index contributed by atoms with van der Waals surface area (Å²) in [5.74, 6) is -0.423. The molecular formula is C37H69NO3S. The van der Waals surface area contributed by atoms with Crippen LogP contribution in [0.5, 0.6) is 0 Å². The number of nitrogens with zero attached hydrogens (tertiary/aromatic N) is 1. The fourth-order valence-corrected chi connectivity index (χ4v) is 6.23. The maximum Gasteiger partial charge on any atom is 0.0988 e. The van der Waals surface area contributed by atoms with Crippen LogP contribution in [0.4, 0.5) is 0 Å². The normalized spacial score (nSPS) is 12.0. The first kappa shape index (κ1) is 40.8. The zero-order chi connectivity index (χ0) is 31.2. The molecule has 0 aromatic heterocycles. The molecule has 0 saturated carbocycles. The summed E-state index contributed by atoms with van der Waals surface area (Å²) in [7, 11) is -4.13. The van der Waals surface area contributed by atoms with Gasteiger partial charge in [0.1, 0.15) is 0 Å². The molecule has 0 unspecified atom stereocenters. The lowest BCUT2D eigenvalue weighted by Gasteiger charge is -2.39. The van der Waals surface area contributed by atoms with E-state index >= 15 is 0 Å². The third-order valence-electron chi connectivity index (χ3n) is 8.29. The van der Waals surface area contributed by atoms with Gasteiger partial charge in [-0.05, 0) is 63.4 Å². The van der Waals surface area contributed by atoms with Crippen LogP contribution >= 0.6 is 0 Å². The number of hydrogen-bond donors (Lipinski definition) is 0. The molecule has 0 amide bonds. The Morgan fingerprint density at radius 1 is 0.548 bits per heavy atom. The highest BCUT2D eigenvalue weighted by Gasteiger charge is 2.25. The first-order valence-electron chi connectivity index (χ1n) is 17.8. The van der Waals surface area contributed by atoms with Gasteiger partial charge in [0, 0.05) is 0 Å². The van der Waals surface area contributed by atoms with E-state index < -0.39 is 15.9 Å². The van der Waals surface area contributed by atoms with Gasteiger partial charge < -0.3 is 9.04 Å². The Hall–Kier alpha value is -1.17. The van der Waals surface area contributed by atoms with Crippen molar-refractivity contribution in [3.8, 4) is 0 Å². The summed E-state index contributed by atoms with van der Waals surface area (Å²) in [4.78, 5) is 0. The quantitative estimate of drug-likeness (QED) is 0.0432. The van der Waals surface area contributed by atoms with Crippen LogP contribution in [0.15, 0.2) is 42.5 Å². The number of hydrogen-bond acceptors (Lipinski definition) is 3. The lowest BCUT2D eigenvalue weighted by molar-refractivity contribution is -0.929. The molecule has 0 atom stereocenters. The molecule has 5 heteroatoms. The molecule has 1 aromatic rings. The summed E-state index contributed by atoms with van der Waals surface area (Å²) in [5, 5.41) is 0. The van der Waals surface area contributed by atoms with E-state index in [1.807, 2.05) is 0 Å². The predicted octanol–water partition coefficient (Wildman–Crippen LogP) is 11.0. The average molecular weight is 608 g/mol. The van der Waals surface area contributed by atoms with Crippen molar-refractivity contribution in [2.24, 2.45) is 0 Å². The van der Waals surface area contributed by atoms with Crippen molar-refractivity contribution in [3.63, 3.8) is 0 Å². The molecule has 0 N–H and O–H groups in total. The molecule has 0 radical (unpaired) electrons. The molecule has 0 bridgehead atoms. The molecule has 0 aliphatic carbocycles. The standard InChI is InChI=1S/C30H62N.C7H8O3S/c1-5-9-13-14-15-16-17-18-19-20-21-22-23-24-25-26-30-31(27-10-6-2,28-11-7-3)29-12-8-4;8-11(9,10)6-7-4-2-1-3-5-7/h18-19H,5-17,20-30H2,1-4H3;1-5H,6H2,(H,8,9,10)/q+1;/p-1/b19-18-;. The molecular weight excluding hydrogens is 538 g/mol. The topological polar surface area (TPSA) is 57.2 Å². The number of unbranched alkanes of at least 4 members (excludes halogenated alkanes) is 15.